The average molecular weight is 1680 g/mol. The van der Waals surface area contributed by atoms with Crippen molar-refractivity contribution in [1.82, 2.24) is 18.3 Å². The van der Waals surface area contributed by atoms with Gasteiger partial charge in [-0.25, -0.2) is 0 Å². The number of pyridine rings is 4. The minimum atomic E-state index is -0.326. The topological polar surface area (TPSA) is 166 Å². The van der Waals surface area contributed by atoms with Crippen LogP contribution in [0.25, 0.3) is 194 Å². The molecular formula is C113H118N4O9. The normalized spacial score (nSPS) is 12.8. The molecule has 0 radical (unpaired) electrons. The predicted octanol–water partition coefficient (Wildman–Crippen LogP) is 28.5. The Balaban J connectivity index is 0.00000123. The van der Waals surface area contributed by atoms with Crippen LogP contribution in [0.1, 0.15) is 285 Å². The van der Waals surface area contributed by atoms with Crippen molar-refractivity contribution in [3.63, 3.8) is 0 Å². The average Bonchev–Trinajstić information content (AvgIpc) is 0.664. The third-order valence-electron chi connectivity index (χ3n) is 29.7. The summed E-state index contributed by atoms with van der Waals surface area (Å²) in [5.74, 6) is 0.910. The van der Waals surface area contributed by atoms with Gasteiger partial charge in [-0.05, 0) is 241 Å². The molecule has 13 nitrogen and oxygen atoms in total. The molecule has 0 bridgehead atoms. The van der Waals surface area contributed by atoms with Crippen LogP contribution in [0.4, 0.5) is 0 Å². The van der Waals surface area contributed by atoms with Crippen LogP contribution in [0.5, 0.6) is 5.75 Å². The zero-order valence-corrected chi connectivity index (χ0v) is 75.2. The zero-order chi connectivity index (χ0) is 87.2. The lowest BCUT2D eigenvalue weighted by Crippen LogP contribution is -2.37. The second-order valence-corrected chi connectivity index (χ2v) is 37.3. The van der Waals surface area contributed by atoms with Crippen LogP contribution < -0.4 is 49.2 Å². The molecule has 0 aliphatic carbocycles. The summed E-state index contributed by atoms with van der Waals surface area (Å²) in [7, 11) is 1.66. The standard InChI is InChI=1S/C106H110N4O8.C7H8O/c1-9-17-25-33-61(34-26-18-10-2)107-99(111)71-51-47-65-67-49-53-73-89-81(105(117)109(101(73)113)63(37-29-21-13-5)38-30-22-14-6)57-77-85-69(75-55-79(103(107)115)87(71)91(65)95(75)97(77)93(67)89)45-43-59-41-42-60-44-46-70-76-56-80-88-72(100(112)108(104(80)116)62(35-27-19-11-3)36-28-20-12-4)52-48-66-68-50-54-74-90-82(106(118)110(102(74)114)64(39-31-23-15-7)40-32-24-16-8)58-78(86(70)84(60)83(59)85)98(94(68)90)96(76)92(66)88;1-8-7-5-3-2-4-6-7/h41-58,61-64H,9-40H2,1-8H3;2-6H,1H3. The lowest BCUT2D eigenvalue weighted by Gasteiger charge is -2.26. The second-order valence-electron chi connectivity index (χ2n) is 37.3. The number of methoxy groups -OCH3 is 1. The van der Waals surface area contributed by atoms with E-state index in [0.717, 1.165) is 289 Å². The summed E-state index contributed by atoms with van der Waals surface area (Å²) >= 11 is 0. The number of benzene rings is 16. The Morgan fingerprint density at radius 1 is 0.198 bits per heavy atom. The Morgan fingerprint density at radius 3 is 0.627 bits per heavy atom. The Labute approximate surface area is 732 Å². The highest BCUT2D eigenvalue weighted by molar-refractivity contribution is 6.54. The lowest BCUT2D eigenvalue weighted by molar-refractivity contribution is 0.387. The molecule has 0 fully saturated rings. The van der Waals surface area contributed by atoms with Crippen molar-refractivity contribution in [2.45, 2.75) is 285 Å². The van der Waals surface area contributed by atoms with Crippen molar-refractivity contribution in [3.8, 4) is 5.75 Å². The molecule has 0 spiro atoms. The molecule has 16 aromatic carbocycles. The fourth-order valence-electron chi connectivity index (χ4n) is 23.6. The third kappa shape index (κ3) is 13.2. The summed E-state index contributed by atoms with van der Waals surface area (Å²) < 4.78 is 11.4. The number of rotatable bonds is 37. The van der Waals surface area contributed by atoms with Crippen LogP contribution in [0.3, 0.4) is 0 Å². The fourth-order valence-corrected chi connectivity index (χ4v) is 23.6. The Morgan fingerprint density at radius 2 is 0.389 bits per heavy atom. The molecule has 0 saturated carbocycles. The van der Waals surface area contributed by atoms with Crippen LogP contribution in [0.15, 0.2) is 178 Å². The van der Waals surface area contributed by atoms with Crippen molar-refractivity contribution < 1.29 is 4.74 Å². The van der Waals surface area contributed by atoms with Crippen LogP contribution in [0.2, 0.25) is 0 Å². The first kappa shape index (κ1) is 84.1. The molecule has 126 heavy (non-hydrogen) atoms. The minimum Gasteiger partial charge on any atom is -0.497 e. The van der Waals surface area contributed by atoms with Gasteiger partial charge in [-0.2, -0.15) is 0 Å². The Bertz CT molecular complexity index is 7570. The molecule has 20 aromatic rings. The van der Waals surface area contributed by atoms with Gasteiger partial charge in [0.2, 0.25) is 0 Å². The van der Waals surface area contributed by atoms with E-state index < -0.39 is 0 Å². The minimum absolute atomic E-state index is 0.273. The number of ether oxygens (including phenoxy) is 1. The summed E-state index contributed by atoms with van der Waals surface area (Å²) in [6, 6.07) is 46.0. The van der Waals surface area contributed by atoms with Gasteiger partial charge in [0.25, 0.3) is 44.5 Å². The highest BCUT2D eigenvalue weighted by Gasteiger charge is 2.35. The van der Waals surface area contributed by atoms with Gasteiger partial charge >= 0.3 is 0 Å². The van der Waals surface area contributed by atoms with Crippen LogP contribution in [-0.2, 0) is 0 Å². The summed E-state index contributed by atoms with van der Waals surface area (Å²) in [4.78, 5) is 130. The Kier molecular flexibility index (Phi) is 23.2. The molecule has 0 saturated heterocycles. The molecule has 0 amide bonds. The number of nitrogens with zero attached hydrogens (tertiary/aromatic N) is 4. The van der Waals surface area contributed by atoms with E-state index in [-0.39, 0.29) is 68.6 Å². The van der Waals surface area contributed by atoms with Crippen molar-refractivity contribution >= 4 is 194 Å². The van der Waals surface area contributed by atoms with Gasteiger partial charge < -0.3 is 4.74 Å². The van der Waals surface area contributed by atoms with Gasteiger partial charge in [-0.3, -0.25) is 56.6 Å². The molecule has 0 unspecified atom stereocenters. The highest BCUT2D eigenvalue weighted by atomic mass is 16.5. The molecule has 4 aromatic heterocycles. The monoisotopic (exact) mass is 1670 g/mol. The number of fused-ring (bicyclic) bond motifs is 13. The largest absolute Gasteiger partial charge is 0.497 e. The second kappa shape index (κ2) is 34.7. The first-order chi connectivity index (χ1) is 61.6. The summed E-state index contributed by atoms with van der Waals surface area (Å²) in [6.07, 6.45) is 28.6. The van der Waals surface area contributed by atoms with Gasteiger partial charge in [0.05, 0.1) is 7.11 Å². The Hall–Kier alpha value is -11.4. The zero-order valence-electron chi connectivity index (χ0n) is 75.2. The van der Waals surface area contributed by atoms with Gasteiger partial charge in [0.1, 0.15) is 5.75 Å². The molecule has 0 N–H and O–H groups in total. The molecule has 20 rings (SSSR count). The molecular weight excluding hydrogens is 1560 g/mol. The van der Waals surface area contributed by atoms with Crippen LogP contribution in [-0.4, -0.2) is 25.4 Å². The first-order valence-corrected chi connectivity index (χ1v) is 48.3. The van der Waals surface area contributed by atoms with Gasteiger partial charge in [-0.1, -0.05) is 288 Å². The van der Waals surface area contributed by atoms with E-state index in [1.165, 1.54) is 0 Å². The number of hydrogen-bond acceptors (Lipinski definition) is 9. The first-order valence-electron chi connectivity index (χ1n) is 48.3. The van der Waals surface area contributed by atoms with Gasteiger partial charge in [0.15, 0.2) is 0 Å². The maximum Gasteiger partial charge on any atom is 0.261 e. The van der Waals surface area contributed by atoms with E-state index in [1.807, 2.05) is 54.6 Å². The third-order valence-corrected chi connectivity index (χ3v) is 29.7. The van der Waals surface area contributed by atoms with Crippen molar-refractivity contribution in [1.29, 1.82) is 0 Å². The lowest BCUT2D eigenvalue weighted by atomic mass is 9.78. The fraction of sp³-hybridized carbons (Fsp3) is 0.398. The van der Waals surface area contributed by atoms with E-state index in [1.54, 1.807) is 25.4 Å². The molecule has 4 heterocycles. The van der Waals surface area contributed by atoms with Crippen molar-refractivity contribution in [3.05, 3.63) is 222 Å². The quantitative estimate of drug-likeness (QED) is 0.0209. The highest BCUT2D eigenvalue weighted by Crippen LogP contribution is 2.57. The SMILES string of the molecule is CCCCCC(CCCCC)n1c(=O)c2ccc3c4ccc5c(=O)n(C(CCCCC)CCCCC)c(=O)c6cc7c8c(ccc9ccc%10ccc%11c%12cc%13c(=O)n(C(CCCCC)CCCCC)c(=O)c%14ccc%15c%16ccc%17c(=O)n(C(CCCCC)CCCCC)c(=O)c%18cc(c%11c%10c98)c(c%16c%17%18)c%12c%15c%14%13)c8cc(c1=O)c2c3c8c7c4c56.COc1ccccc1. The molecule has 0 aliphatic heterocycles. The van der Waals surface area contributed by atoms with E-state index in [2.05, 4.69) is 140 Å². The smallest absolute Gasteiger partial charge is 0.261 e. The van der Waals surface area contributed by atoms with E-state index >= 15 is 38.4 Å². The van der Waals surface area contributed by atoms with Crippen LogP contribution >= 0.6 is 0 Å². The number of hydrogen-bond donors (Lipinski definition) is 0. The van der Waals surface area contributed by atoms with E-state index in [9.17, 15) is 0 Å². The van der Waals surface area contributed by atoms with E-state index in [0.29, 0.717) is 116 Å². The van der Waals surface area contributed by atoms with Gasteiger partial charge in [0, 0.05) is 88.8 Å². The van der Waals surface area contributed by atoms with Crippen molar-refractivity contribution in [2.24, 2.45) is 0 Å². The summed E-state index contributed by atoms with van der Waals surface area (Å²) in [5, 5.41) is 26.6. The van der Waals surface area contributed by atoms with Gasteiger partial charge in [-0.15, -0.1) is 0 Å². The molecule has 0 atom stereocenters. The molecule has 13 heteroatoms. The maximum absolute atomic E-state index is 16.6. The maximum atomic E-state index is 16.6. The summed E-state index contributed by atoms with van der Waals surface area (Å²) in [5.41, 5.74) is -2.31. The summed E-state index contributed by atoms with van der Waals surface area (Å²) in [6.45, 7) is 17.5. The molecule has 0 aliphatic rings. The van der Waals surface area contributed by atoms with Crippen molar-refractivity contribution in [2.75, 3.05) is 7.11 Å². The predicted molar refractivity (Wildman–Crippen MR) is 535 cm³/mol. The number of para-hydroxylation sites is 1. The van der Waals surface area contributed by atoms with E-state index in [4.69, 9.17) is 4.74 Å². The van der Waals surface area contributed by atoms with Crippen LogP contribution in [0, 0.1) is 0 Å². The molecule has 644 valence electrons. The number of aromatic nitrogens is 4. The number of unbranched alkanes of at least 4 members (excludes halogenated alkanes) is 16.